The highest BCUT2D eigenvalue weighted by Crippen LogP contribution is 2.05. The molecule has 0 aliphatic carbocycles. The van der Waals surface area contributed by atoms with E-state index in [0.717, 1.165) is 5.38 Å². The molecule has 0 aliphatic rings. The van der Waals surface area contributed by atoms with Crippen LogP contribution in [-0.4, -0.2) is 21.2 Å². The normalized spacial score (nSPS) is 11.9. The van der Waals surface area contributed by atoms with Gasteiger partial charge in [-0.25, -0.2) is 4.79 Å². The van der Waals surface area contributed by atoms with Crippen molar-refractivity contribution >= 4 is 19.4 Å². The van der Waals surface area contributed by atoms with Crippen LogP contribution in [0.15, 0.2) is 34.6 Å². The maximum Gasteiger partial charge on any atom is 0.329 e. The van der Waals surface area contributed by atoms with E-state index < -0.39 is 8.07 Å². The lowest BCUT2D eigenvalue weighted by atomic mass is 10.7. The van der Waals surface area contributed by atoms with Gasteiger partial charge < -0.3 is 9.15 Å². The van der Waals surface area contributed by atoms with Crippen molar-refractivity contribution in [2.24, 2.45) is 0 Å². The Hall–Kier alpha value is -1.29. The van der Waals surface area contributed by atoms with Crippen LogP contribution in [0, 0.1) is 0 Å². The molecular formula is C10H14O3Si. The van der Waals surface area contributed by atoms with Crippen LogP contribution in [0.25, 0.3) is 0 Å². The molecule has 0 N–H and O–H groups in total. The summed E-state index contributed by atoms with van der Waals surface area (Å²) >= 11 is 0. The molecule has 0 bridgehead atoms. The van der Waals surface area contributed by atoms with Crippen LogP contribution in [-0.2, 0) is 9.53 Å². The molecule has 1 aromatic rings. The SMILES string of the molecule is COC(=O)/C=C/[Si](C)(C)c1ccco1. The third-order valence-electron chi connectivity index (χ3n) is 1.99. The summed E-state index contributed by atoms with van der Waals surface area (Å²) in [6.45, 7) is 4.20. The lowest BCUT2D eigenvalue weighted by Gasteiger charge is -2.13. The van der Waals surface area contributed by atoms with Gasteiger partial charge in [0.1, 0.15) is 8.07 Å². The highest BCUT2D eigenvalue weighted by molar-refractivity contribution is 6.93. The van der Waals surface area contributed by atoms with Crippen molar-refractivity contribution in [3.8, 4) is 0 Å². The van der Waals surface area contributed by atoms with Crippen LogP contribution in [0.4, 0.5) is 0 Å². The van der Waals surface area contributed by atoms with E-state index in [1.807, 2.05) is 17.8 Å². The molecule has 0 radical (unpaired) electrons. The summed E-state index contributed by atoms with van der Waals surface area (Å²) in [5.74, 6) is -0.322. The van der Waals surface area contributed by atoms with Gasteiger partial charge in [0.2, 0.25) is 0 Å². The minimum atomic E-state index is -1.75. The van der Waals surface area contributed by atoms with E-state index in [9.17, 15) is 4.79 Å². The Labute approximate surface area is 84.4 Å². The lowest BCUT2D eigenvalue weighted by Crippen LogP contribution is -2.38. The van der Waals surface area contributed by atoms with E-state index in [4.69, 9.17) is 4.42 Å². The van der Waals surface area contributed by atoms with Crippen molar-refractivity contribution < 1.29 is 13.9 Å². The first-order valence-corrected chi connectivity index (χ1v) is 7.45. The Morgan fingerprint density at radius 1 is 1.57 bits per heavy atom. The fourth-order valence-corrected chi connectivity index (χ4v) is 2.69. The number of hydrogen-bond acceptors (Lipinski definition) is 3. The number of methoxy groups -OCH3 is 1. The number of esters is 1. The van der Waals surface area contributed by atoms with Crippen molar-refractivity contribution in [2.45, 2.75) is 13.1 Å². The fourth-order valence-electron chi connectivity index (χ4n) is 1.07. The van der Waals surface area contributed by atoms with Gasteiger partial charge in [-0.1, -0.05) is 18.8 Å². The largest absolute Gasteiger partial charge is 0.474 e. The van der Waals surface area contributed by atoms with Gasteiger partial charge in [0, 0.05) is 6.08 Å². The minimum absolute atomic E-state index is 0.322. The number of furan rings is 1. The number of carbonyl (C=O) groups is 1. The van der Waals surface area contributed by atoms with Crippen LogP contribution < -0.4 is 5.38 Å². The van der Waals surface area contributed by atoms with Gasteiger partial charge in [0.05, 0.1) is 18.8 Å². The lowest BCUT2D eigenvalue weighted by molar-refractivity contribution is -0.134. The molecular weight excluding hydrogens is 196 g/mol. The van der Waals surface area contributed by atoms with E-state index >= 15 is 0 Å². The van der Waals surface area contributed by atoms with Crippen LogP contribution >= 0.6 is 0 Å². The highest BCUT2D eigenvalue weighted by atomic mass is 28.3. The Balaban J connectivity index is 2.77. The summed E-state index contributed by atoms with van der Waals surface area (Å²) in [7, 11) is -0.385. The van der Waals surface area contributed by atoms with Crippen LogP contribution in [0.2, 0.25) is 13.1 Å². The monoisotopic (exact) mass is 210 g/mol. The highest BCUT2D eigenvalue weighted by Gasteiger charge is 2.23. The second kappa shape index (κ2) is 4.28. The number of carbonyl (C=O) groups excluding carboxylic acids is 1. The van der Waals surface area contributed by atoms with Crippen molar-refractivity contribution in [1.82, 2.24) is 0 Å². The summed E-state index contributed by atoms with van der Waals surface area (Å²) in [5, 5.41) is 0.956. The molecule has 0 amide bonds. The molecule has 14 heavy (non-hydrogen) atoms. The van der Waals surface area contributed by atoms with Gasteiger partial charge in [-0.05, 0) is 12.1 Å². The molecule has 0 unspecified atom stereocenters. The van der Waals surface area contributed by atoms with Crippen LogP contribution in [0.3, 0.4) is 0 Å². The maximum absolute atomic E-state index is 10.9. The Kier molecular flexibility index (Phi) is 3.30. The Morgan fingerprint density at radius 3 is 2.79 bits per heavy atom. The molecule has 0 saturated heterocycles. The summed E-state index contributed by atoms with van der Waals surface area (Å²) in [6, 6.07) is 3.80. The molecule has 1 rings (SSSR count). The van der Waals surface area contributed by atoms with Crippen molar-refractivity contribution in [1.29, 1.82) is 0 Å². The topological polar surface area (TPSA) is 39.4 Å². The molecule has 0 aromatic carbocycles. The zero-order valence-electron chi connectivity index (χ0n) is 8.61. The second-order valence-electron chi connectivity index (χ2n) is 3.56. The number of ether oxygens (including phenoxy) is 1. The molecule has 1 heterocycles. The average molecular weight is 210 g/mol. The fraction of sp³-hybridized carbons (Fsp3) is 0.300. The number of hydrogen-bond donors (Lipinski definition) is 0. The summed E-state index contributed by atoms with van der Waals surface area (Å²) in [6.07, 6.45) is 3.12. The summed E-state index contributed by atoms with van der Waals surface area (Å²) < 4.78 is 9.85. The van der Waals surface area contributed by atoms with Gasteiger partial charge in [-0.2, -0.15) is 0 Å². The predicted molar refractivity (Wildman–Crippen MR) is 57.0 cm³/mol. The van der Waals surface area contributed by atoms with Gasteiger partial charge in [0.25, 0.3) is 0 Å². The second-order valence-corrected chi connectivity index (χ2v) is 7.82. The molecule has 0 saturated carbocycles. The summed E-state index contributed by atoms with van der Waals surface area (Å²) in [4.78, 5) is 10.9. The summed E-state index contributed by atoms with van der Waals surface area (Å²) in [5.41, 5.74) is 1.90. The zero-order chi connectivity index (χ0) is 10.6. The van der Waals surface area contributed by atoms with Crippen molar-refractivity contribution in [3.63, 3.8) is 0 Å². The zero-order valence-corrected chi connectivity index (χ0v) is 9.61. The van der Waals surface area contributed by atoms with Gasteiger partial charge in [-0.3, -0.25) is 0 Å². The predicted octanol–water partition coefficient (Wildman–Crippen LogP) is 1.46. The molecule has 0 atom stereocenters. The Bertz CT molecular complexity index is 325. The molecule has 0 aliphatic heterocycles. The number of rotatable bonds is 3. The van der Waals surface area contributed by atoms with Crippen LogP contribution in [0.1, 0.15) is 0 Å². The smallest absolute Gasteiger partial charge is 0.329 e. The van der Waals surface area contributed by atoms with E-state index in [1.54, 1.807) is 6.26 Å². The average Bonchev–Trinajstić information content (AvgIpc) is 2.67. The molecule has 76 valence electrons. The van der Waals surface area contributed by atoms with Crippen molar-refractivity contribution in [2.75, 3.05) is 7.11 Å². The minimum Gasteiger partial charge on any atom is -0.474 e. The van der Waals surface area contributed by atoms with E-state index in [1.165, 1.54) is 13.2 Å². The first kappa shape index (κ1) is 10.8. The molecule has 0 fully saturated rings. The first-order chi connectivity index (χ1) is 6.56. The van der Waals surface area contributed by atoms with Gasteiger partial charge in [-0.15, -0.1) is 0 Å². The first-order valence-electron chi connectivity index (χ1n) is 4.37. The third-order valence-corrected chi connectivity index (χ3v) is 4.55. The third kappa shape index (κ3) is 2.60. The van der Waals surface area contributed by atoms with Crippen molar-refractivity contribution in [3.05, 3.63) is 30.2 Å². The van der Waals surface area contributed by atoms with E-state index in [0.29, 0.717) is 0 Å². The van der Waals surface area contributed by atoms with E-state index in [-0.39, 0.29) is 5.97 Å². The Morgan fingerprint density at radius 2 is 2.29 bits per heavy atom. The molecule has 1 aromatic heterocycles. The van der Waals surface area contributed by atoms with Gasteiger partial charge in [0.15, 0.2) is 0 Å². The molecule has 4 heteroatoms. The van der Waals surface area contributed by atoms with Gasteiger partial charge >= 0.3 is 5.97 Å². The maximum atomic E-state index is 10.9. The quantitative estimate of drug-likeness (QED) is 0.431. The molecule has 3 nitrogen and oxygen atoms in total. The molecule has 0 spiro atoms. The van der Waals surface area contributed by atoms with Crippen LogP contribution in [0.5, 0.6) is 0 Å². The van der Waals surface area contributed by atoms with E-state index in [2.05, 4.69) is 17.8 Å². The standard InChI is InChI=1S/C10H14O3Si/c1-12-9(11)6-8-14(2,3)10-5-4-7-13-10/h4-8H,1-3H3/b8-6+.